The molecular weight excluding hydrogens is 321 g/mol. The van der Waals surface area contributed by atoms with Gasteiger partial charge in [-0.2, -0.15) is 0 Å². The number of halogens is 2. The molecule has 4 heteroatoms. The highest BCUT2D eigenvalue weighted by atomic mass is 79.9. The number of hydrogen-bond acceptors (Lipinski definition) is 2. The topological polar surface area (TPSA) is 21.3 Å². The molecule has 1 rings (SSSR count). The predicted molar refractivity (Wildman–Crippen MR) is 85.6 cm³/mol. The Morgan fingerprint density at radius 3 is 2.60 bits per heavy atom. The van der Waals surface area contributed by atoms with Crippen LogP contribution in [0.4, 0.5) is 4.39 Å². The Morgan fingerprint density at radius 1 is 1.30 bits per heavy atom. The first kappa shape index (κ1) is 17.6. The Balaban J connectivity index is 2.78. The van der Waals surface area contributed by atoms with Crippen LogP contribution in [-0.2, 0) is 11.2 Å². The lowest BCUT2D eigenvalue weighted by atomic mass is 9.99. The molecule has 2 nitrogen and oxygen atoms in total. The fourth-order valence-electron chi connectivity index (χ4n) is 2.32. The van der Waals surface area contributed by atoms with Gasteiger partial charge in [0.25, 0.3) is 0 Å². The summed E-state index contributed by atoms with van der Waals surface area (Å²) in [4.78, 5) is 0. The summed E-state index contributed by atoms with van der Waals surface area (Å²) in [5.41, 5.74) is 1.12. The summed E-state index contributed by atoms with van der Waals surface area (Å²) in [6.07, 6.45) is 3.09. The lowest BCUT2D eigenvalue weighted by Gasteiger charge is -2.27. The molecule has 2 atom stereocenters. The van der Waals surface area contributed by atoms with E-state index in [1.54, 1.807) is 0 Å². The molecule has 0 aliphatic rings. The molecule has 0 saturated carbocycles. The van der Waals surface area contributed by atoms with E-state index < -0.39 is 0 Å². The maximum Gasteiger partial charge on any atom is 0.137 e. The molecule has 0 aliphatic heterocycles. The SMILES string of the molecule is CCCNC(Cc1ccc(F)c(Br)c1)C(CC)OCC. The molecule has 0 aliphatic carbocycles. The first-order valence-corrected chi connectivity index (χ1v) is 8.20. The zero-order chi connectivity index (χ0) is 15.0. The van der Waals surface area contributed by atoms with Gasteiger partial charge in [-0.3, -0.25) is 0 Å². The van der Waals surface area contributed by atoms with Gasteiger partial charge in [0.2, 0.25) is 0 Å². The number of ether oxygens (including phenoxy) is 1. The van der Waals surface area contributed by atoms with Crippen molar-refractivity contribution in [2.24, 2.45) is 0 Å². The first-order chi connectivity index (χ1) is 9.62. The Hall–Kier alpha value is -0.450. The van der Waals surface area contributed by atoms with Crippen molar-refractivity contribution in [1.29, 1.82) is 0 Å². The Kier molecular flexibility index (Phi) is 8.34. The van der Waals surface area contributed by atoms with Crippen LogP contribution in [0, 0.1) is 5.82 Å². The minimum atomic E-state index is -0.219. The molecular formula is C16H25BrFNO. The third kappa shape index (κ3) is 5.51. The number of hydrogen-bond donors (Lipinski definition) is 1. The van der Waals surface area contributed by atoms with Gasteiger partial charge in [0.15, 0.2) is 0 Å². The number of nitrogens with one attached hydrogen (secondary N) is 1. The van der Waals surface area contributed by atoms with Crippen molar-refractivity contribution in [2.75, 3.05) is 13.2 Å². The third-order valence-electron chi connectivity index (χ3n) is 3.33. The van der Waals surface area contributed by atoms with Crippen LogP contribution in [0.25, 0.3) is 0 Å². The monoisotopic (exact) mass is 345 g/mol. The van der Waals surface area contributed by atoms with Crippen molar-refractivity contribution in [3.63, 3.8) is 0 Å². The predicted octanol–water partition coefficient (Wildman–Crippen LogP) is 4.31. The van der Waals surface area contributed by atoms with Crippen LogP contribution in [0.2, 0.25) is 0 Å². The van der Waals surface area contributed by atoms with Crippen molar-refractivity contribution in [3.8, 4) is 0 Å². The fraction of sp³-hybridized carbons (Fsp3) is 0.625. The molecule has 1 N–H and O–H groups in total. The zero-order valence-electron chi connectivity index (χ0n) is 12.6. The second-order valence-corrected chi connectivity index (χ2v) is 5.77. The molecule has 0 heterocycles. The maximum atomic E-state index is 13.3. The summed E-state index contributed by atoms with van der Waals surface area (Å²) in [6, 6.07) is 5.48. The van der Waals surface area contributed by atoms with E-state index in [1.807, 2.05) is 19.1 Å². The van der Waals surface area contributed by atoms with Gasteiger partial charge in [0, 0.05) is 12.6 Å². The number of rotatable bonds is 9. The summed E-state index contributed by atoms with van der Waals surface area (Å²) >= 11 is 3.25. The largest absolute Gasteiger partial charge is 0.377 e. The fourth-order valence-corrected chi connectivity index (χ4v) is 2.74. The smallest absolute Gasteiger partial charge is 0.137 e. The van der Waals surface area contributed by atoms with Crippen molar-refractivity contribution in [3.05, 3.63) is 34.1 Å². The average molecular weight is 346 g/mol. The quantitative estimate of drug-likeness (QED) is 0.719. The first-order valence-electron chi connectivity index (χ1n) is 7.41. The maximum absolute atomic E-state index is 13.3. The highest BCUT2D eigenvalue weighted by Gasteiger charge is 2.20. The molecule has 0 fully saturated rings. The molecule has 0 spiro atoms. The Bertz CT molecular complexity index is 400. The van der Waals surface area contributed by atoms with Crippen molar-refractivity contribution in [2.45, 2.75) is 52.2 Å². The second-order valence-electron chi connectivity index (χ2n) is 4.92. The van der Waals surface area contributed by atoms with E-state index in [1.165, 1.54) is 6.07 Å². The minimum absolute atomic E-state index is 0.190. The number of benzene rings is 1. The average Bonchev–Trinajstić information content (AvgIpc) is 2.45. The van der Waals surface area contributed by atoms with Crippen LogP contribution in [0.1, 0.15) is 39.2 Å². The van der Waals surface area contributed by atoms with E-state index in [9.17, 15) is 4.39 Å². The molecule has 0 amide bonds. The van der Waals surface area contributed by atoms with Crippen molar-refractivity contribution >= 4 is 15.9 Å². The van der Waals surface area contributed by atoms with Crippen LogP contribution < -0.4 is 5.32 Å². The normalized spacial score (nSPS) is 14.2. The van der Waals surface area contributed by atoms with Crippen molar-refractivity contribution in [1.82, 2.24) is 5.32 Å². The highest BCUT2D eigenvalue weighted by Crippen LogP contribution is 2.19. The summed E-state index contributed by atoms with van der Waals surface area (Å²) in [5.74, 6) is -0.219. The Morgan fingerprint density at radius 2 is 2.05 bits per heavy atom. The molecule has 1 aromatic carbocycles. The van der Waals surface area contributed by atoms with Gasteiger partial charge in [0.1, 0.15) is 5.82 Å². The summed E-state index contributed by atoms with van der Waals surface area (Å²) < 4.78 is 19.6. The molecule has 0 saturated heterocycles. The van der Waals surface area contributed by atoms with E-state index in [0.717, 1.165) is 38.0 Å². The molecule has 114 valence electrons. The van der Waals surface area contributed by atoms with Crippen LogP contribution in [0.3, 0.4) is 0 Å². The molecule has 1 aromatic rings. The Labute approximate surface area is 130 Å². The molecule has 2 unspecified atom stereocenters. The van der Waals surface area contributed by atoms with Gasteiger partial charge in [-0.05, 0) is 66.4 Å². The van der Waals surface area contributed by atoms with Crippen LogP contribution in [-0.4, -0.2) is 25.3 Å². The lowest BCUT2D eigenvalue weighted by Crippen LogP contribution is -2.43. The molecule has 0 aromatic heterocycles. The van der Waals surface area contributed by atoms with E-state index in [0.29, 0.717) is 4.47 Å². The standard InChI is InChI=1S/C16H25BrFNO/c1-4-9-19-15(16(5-2)20-6-3)11-12-7-8-14(18)13(17)10-12/h7-8,10,15-16,19H,4-6,9,11H2,1-3H3. The van der Waals surface area contributed by atoms with Crippen LogP contribution in [0.15, 0.2) is 22.7 Å². The van der Waals surface area contributed by atoms with E-state index >= 15 is 0 Å². The molecule has 0 radical (unpaired) electrons. The highest BCUT2D eigenvalue weighted by molar-refractivity contribution is 9.10. The van der Waals surface area contributed by atoms with Gasteiger partial charge >= 0.3 is 0 Å². The third-order valence-corrected chi connectivity index (χ3v) is 3.94. The van der Waals surface area contributed by atoms with Gasteiger partial charge in [-0.25, -0.2) is 4.39 Å². The van der Waals surface area contributed by atoms with Gasteiger partial charge in [-0.1, -0.05) is 19.9 Å². The summed E-state index contributed by atoms with van der Waals surface area (Å²) in [7, 11) is 0. The minimum Gasteiger partial charge on any atom is -0.377 e. The zero-order valence-corrected chi connectivity index (χ0v) is 14.2. The van der Waals surface area contributed by atoms with Gasteiger partial charge < -0.3 is 10.1 Å². The van der Waals surface area contributed by atoms with Gasteiger partial charge in [0.05, 0.1) is 10.6 Å². The second kappa shape index (κ2) is 9.48. The summed E-state index contributed by atoms with van der Waals surface area (Å²) in [6.45, 7) is 8.00. The van der Waals surface area contributed by atoms with Crippen molar-refractivity contribution < 1.29 is 9.13 Å². The van der Waals surface area contributed by atoms with Gasteiger partial charge in [-0.15, -0.1) is 0 Å². The van der Waals surface area contributed by atoms with Crippen LogP contribution in [0.5, 0.6) is 0 Å². The molecule has 20 heavy (non-hydrogen) atoms. The lowest BCUT2D eigenvalue weighted by molar-refractivity contribution is 0.0319. The van der Waals surface area contributed by atoms with E-state index in [-0.39, 0.29) is 18.0 Å². The summed E-state index contributed by atoms with van der Waals surface area (Å²) in [5, 5.41) is 3.55. The van der Waals surface area contributed by atoms with E-state index in [2.05, 4.69) is 35.1 Å². The molecule has 0 bridgehead atoms. The van der Waals surface area contributed by atoms with Crippen LogP contribution >= 0.6 is 15.9 Å². The van der Waals surface area contributed by atoms with E-state index in [4.69, 9.17) is 4.74 Å².